The van der Waals surface area contributed by atoms with E-state index in [4.69, 9.17) is 0 Å². The first kappa shape index (κ1) is 45.0. The van der Waals surface area contributed by atoms with Crippen LogP contribution in [-0.4, -0.2) is 116 Å². The van der Waals surface area contributed by atoms with Crippen LogP contribution in [0.1, 0.15) is 99.0 Å². The van der Waals surface area contributed by atoms with Gasteiger partial charge in [0, 0.05) is 32.7 Å². The third-order valence-electron chi connectivity index (χ3n) is 8.23. The highest BCUT2D eigenvalue weighted by Gasteiger charge is 2.37. The van der Waals surface area contributed by atoms with Crippen LogP contribution in [0.5, 0.6) is 0 Å². The highest BCUT2D eigenvalue weighted by atomic mass is 16.5. The van der Waals surface area contributed by atoms with Crippen LogP contribution < -0.4 is 5.32 Å². The van der Waals surface area contributed by atoms with Gasteiger partial charge < -0.3 is 24.8 Å². The van der Waals surface area contributed by atoms with Crippen molar-refractivity contribution in [1.29, 1.82) is 0 Å². The molecule has 1 aromatic carbocycles. The predicted octanol–water partition coefficient (Wildman–Crippen LogP) is 5.45. The third-order valence-corrected chi connectivity index (χ3v) is 8.23. The van der Waals surface area contributed by atoms with Crippen molar-refractivity contribution < 1.29 is 23.9 Å². The summed E-state index contributed by atoms with van der Waals surface area (Å²) in [5, 5.41) is 2.43. The quantitative estimate of drug-likeness (QED) is 0.311. The Labute approximate surface area is 292 Å². The van der Waals surface area contributed by atoms with E-state index in [2.05, 4.69) is 61.5 Å². The van der Waals surface area contributed by atoms with Crippen molar-refractivity contribution in [3.63, 3.8) is 0 Å². The zero-order valence-electron chi connectivity index (χ0n) is 31.8. The van der Waals surface area contributed by atoms with Gasteiger partial charge in [-0.05, 0) is 82.6 Å². The molecule has 1 aromatic rings. The summed E-state index contributed by atoms with van der Waals surface area (Å²) < 4.78 is 4.54. The molecule has 0 aromatic heterocycles. The number of hydrogen-bond donors (Lipinski definition) is 1. The first-order chi connectivity index (χ1) is 23.0. The number of ether oxygens (including phenoxy) is 1. The molecule has 0 saturated carbocycles. The lowest BCUT2D eigenvalue weighted by Gasteiger charge is -2.37. The standard InChI is InChI=1S/C18H32N4O3.C8H8O2.C6H13N.C4H10.C2H6/c1-14(2)16(20(3)17(24)11-19-13-23)12-22-10-6-7-15(22)18(25)21-8-4-5-9-21;9-7-10-6-8-4-2-1-3-5-8;1-7-5-3-2-4-6-7;1-4(2)3;1-2/h13-16H,4-12H2,1-3H3,(H,19,23);1-5,7H,6H2;2-6H2,1H3;4H,1-3H3;1-2H3/t15-,16+;;;;/m0..../s1. The lowest BCUT2D eigenvalue weighted by molar-refractivity contribution is -0.136. The highest BCUT2D eigenvalue weighted by molar-refractivity contribution is 5.82. The average molecular weight is 676 g/mol. The Kier molecular flexibility index (Phi) is 26.2. The maximum Gasteiger partial charge on any atom is 0.293 e. The number of hydrogen-bond acceptors (Lipinski definition) is 7. The zero-order chi connectivity index (χ0) is 36.3. The van der Waals surface area contributed by atoms with Gasteiger partial charge in [0.25, 0.3) is 6.47 Å². The van der Waals surface area contributed by atoms with Crippen LogP contribution in [0.4, 0.5) is 0 Å². The van der Waals surface area contributed by atoms with Crippen LogP contribution >= 0.6 is 0 Å². The molecule has 10 nitrogen and oxygen atoms in total. The van der Waals surface area contributed by atoms with Gasteiger partial charge in [-0.2, -0.15) is 0 Å². The van der Waals surface area contributed by atoms with Crippen molar-refractivity contribution in [2.75, 3.05) is 59.9 Å². The van der Waals surface area contributed by atoms with Crippen molar-refractivity contribution in [2.45, 2.75) is 112 Å². The fourth-order valence-electron chi connectivity index (χ4n) is 5.69. The first-order valence-corrected chi connectivity index (χ1v) is 18.2. The van der Waals surface area contributed by atoms with Gasteiger partial charge in [-0.15, -0.1) is 0 Å². The van der Waals surface area contributed by atoms with Crippen LogP contribution in [0.25, 0.3) is 0 Å². The zero-order valence-corrected chi connectivity index (χ0v) is 31.8. The molecule has 0 spiro atoms. The SMILES string of the molecule is CC.CC(C)C.CC(C)[C@@H](CN1CCC[C@H]1C(=O)N1CCCC1)N(C)C(=O)CNC=O.CN1CCCCC1.O=COCc1ccccc1. The largest absolute Gasteiger partial charge is 0.463 e. The molecule has 0 radical (unpaired) electrons. The minimum absolute atomic E-state index is 0.0133. The van der Waals surface area contributed by atoms with Crippen LogP contribution in [0.15, 0.2) is 30.3 Å². The number of likely N-dealkylation sites (N-methyl/N-ethyl adjacent to an activating group) is 1. The second kappa shape index (κ2) is 27.9. The van der Waals surface area contributed by atoms with Crippen molar-refractivity contribution in [3.8, 4) is 0 Å². The predicted molar refractivity (Wildman–Crippen MR) is 196 cm³/mol. The summed E-state index contributed by atoms with van der Waals surface area (Å²) in [4.78, 5) is 53.6. The van der Waals surface area contributed by atoms with E-state index in [-0.39, 0.29) is 36.4 Å². The second-order valence-electron chi connectivity index (χ2n) is 13.5. The maximum absolute atomic E-state index is 12.8. The van der Waals surface area contributed by atoms with E-state index in [1.54, 1.807) is 11.9 Å². The fourth-order valence-corrected chi connectivity index (χ4v) is 5.69. The summed E-state index contributed by atoms with van der Waals surface area (Å²) in [6.07, 6.45) is 8.96. The van der Waals surface area contributed by atoms with Crippen molar-refractivity contribution in [1.82, 2.24) is 24.9 Å². The van der Waals surface area contributed by atoms with E-state index in [0.717, 1.165) is 56.8 Å². The minimum Gasteiger partial charge on any atom is -0.463 e. The maximum atomic E-state index is 12.8. The second-order valence-corrected chi connectivity index (χ2v) is 13.5. The van der Waals surface area contributed by atoms with Crippen LogP contribution in [0, 0.1) is 11.8 Å². The molecule has 10 heteroatoms. The van der Waals surface area contributed by atoms with Gasteiger partial charge in [0.2, 0.25) is 18.2 Å². The van der Waals surface area contributed by atoms with Crippen molar-refractivity contribution >= 4 is 24.7 Å². The number of likely N-dealkylation sites (tertiary alicyclic amines) is 3. The number of rotatable bonds is 11. The fraction of sp³-hybridized carbons (Fsp3) is 0.737. The molecule has 0 bridgehead atoms. The molecule has 3 amide bonds. The Morgan fingerprint density at radius 3 is 1.94 bits per heavy atom. The molecule has 2 atom stereocenters. The van der Waals surface area contributed by atoms with E-state index in [1.165, 1.54) is 32.4 Å². The summed E-state index contributed by atoms with van der Waals surface area (Å²) in [6.45, 7) is 21.5. The summed E-state index contributed by atoms with van der Waals surface area (Å²) >= 11 is 0. The molecule has 0 aliphatic carbocycles. The molecular weight excluding hydrogens is 606 g/mol. The lowest BCUT2D eigenvalue weighted by atomic mass is 10.0. The number of amides is 3. The minimum atomic E-state index is -0.104. The lowest BCUT2D eigenvalue weighted by Crippen LogP contribution is -2.53. The summed E-state index contributed by atoms with van der Waals surface area (Å²) in [6, 6.07) is 9.52. The number of benzene rings is 1. The monoisotopic (exact) mass is 676 g/mol. The third kappa shape index (κ3) is 19.7. The van der Waals surface area contributed by atoms with E-state index in [0.29, 0.717) is 26.0 Å². The van der Waals surface area contributed by atoms with Gasteiger partial charge in [-0.25, -0.2) is 0 Å². The van der Waals surface area contributed by atoms with Gasteiger partial charge in [-0.1, -0.05) is 85.2 Å². The molecule has 4 rings (SSSR count). The molecule has 48 heavy (non-hydrogen) atoms. The van der Waals surface area contributed by atoms with E-state index >= 15 is 0 Å². The number of carbonyl (C=O) groups excluding carboxylic acids is 4. The number of carbonyl (C=O) groups is 4. The highest BCUT2D eigenvalue weighted by Crippen LogP contribution is 2.24. The van der Waals surface area contributed by atoms with Crippen molar-refractivity contribution in [2.24, 2.45) is 11.8 Å². The molecule has 1 N–H and O–H groups in total. The van der Waals surface area contributed by atoms with Gasteiger partial charge in [0.05, 0.1) is 12.6 Å². The normalized spacial score (nSPS) is 18.0. The van der Waals surface area contributed by atoms with E-state index in [9.17, 15) is 19.2 Å². The Morgan fingerprint density at radius 2 is 1.46 bits per heavy atom. The Balaban J connectivity index is 0.000000777. The Hall–Kier alpha value is -2.98. The summed E-state index contributed by atoms with van der Waals surface area (Å²) in [7, 11) is 3.98. The van der Waals surface area contributed by atoms with Crippen LogP contribution in [-0.2, 0) is 30.5 Å². The van der Waals surface area contributed by atoms with Crippen LogP contribution in [0.2, 0.25) is 0 Å². The summed E-state index contributed by atoms with van der Waals surface area (Å²) in [5.74, 6) is 1.26. The van der Waals surface area contributed by atoms with Gasteiger partial charge in [-0.3, -0.25) is 24.1 Å². The molecular formula is C38H69N5O5. The Morgan fingerprint density at radius 1 is 0.896 bits per heavy atom. The van der Waals surface area contributed by atoms with Gasteiger partial charge in [0.15, 0.2) is 0 Å². The molecule has 276 valence electrons. The molecule has 3 fully saturated rings. The van der Waals surface area contributed by atoms with Gasteiger partial charge in [0.1, 0.15) is 6.61 Å². The van der Waals surface area contributed by atoms with Crippen molar-refractivity contribution in [3.05, 3.63) is 35.9 Å². The van der Waals surface area contributed by atoms with E-state index < -0.39 is 0 Å². The average Bonchev–Trinajstić information content (AvgIpc) is 3.80. The molecule has 3 heterocycles. The summed E-state index contributed by atoms with van der Waals surface area (Å²) in [5.41, 5.74) is 1.01. The van der Waals surface area contributed by atoms with Crippen LogP contribution in [0.3, 0.4) is 0 Å². The first-order valence-electron chi connectivity index (χ1n) is 18.2. The number of piperidine rings is 1. The topological polar surface area (TPSA) is 103 Å². The van der Waals surface area contributed by atoms with Gasteiger partial charge >= 0.3 is 0 Å². The smallest absolute Gasteiger partial charge is 0.293 e. The molecule has 0 unspecified atom stereocenters. The number of nitrogens with zero attached hydrogens (tertiary/aromatic N) is 4. The Bertz CT molecular complexity index is 963. The molecule has 3 aliphatic rings. The van der Waals surface area contributed by atoms with E-state index in [1.807, 2.05) is 49.1 Å². The molecule has 3 saturated heterocycles. The number of nitrogens with one attached hydrogen (secondary N) is 1. The molecule has 3 aliphatic heterocycles.